The van der Waals surface area contributed by atoms with Crippen molar-refractivity contribution >= 4 is 17.6 Å². The van der Waals surface area contributed by atoms with Crippen LogP contribution in [0.15, 0.2) is 54.6 Å². The van der Waals surface area contributed by atoms with E-state index in [4.69, 9.17) is 0 Å². The molecular weight excluding hydrogens is 266 g/mol. The molecule has 1 N–H and O–H groups in total. The van der Waals surface area contributed by atoms with Crippen LogP contribution in [0, 0.1) is 0 Å². The molecule has 0 unspecified atom stereocenters. The monoisotopic (exact) mass is 282 g/mol. The van der Waals surface area contributed by atoms with Crippen molar-refractivity contribution in [2.24, 2.45) is 0 Å². The molecule has 4 heteroatoms. The fraction of sp³-hybridized carbons (Fsp3) is 0.176. The Morgan fingerprint density at radius 2 is 1.81 bits per heavy atom. The summed E-state index contributed by atoms with van der Waals surface area (Å²) in [4.78, 5) is 23.2. The second kappa shape index (κ2) is 6.70. The highest BCUT2D eigenvalue weighted by Crippen LogP contribution is 2.21. The zero-order valence-corrected chi connectivity index (χ0v) is 11.7. The number of amides is 1. The Bertz CT molecular complexity index is 637. The molecule has 1 atom stereocenters. The van der Waals surface area contributed by atoms with Crippen LogP contribution in [0.2, 0.25) is 0 Å². The number of carboxylic acid groups (broad SMARTS) is 1. The number of aromatic carboxylic acids is 1. The predicted octanol–water partition coefficient (Wildman–Crippen LogP) is 2.18. The third kappa shape index (κ3) is 3.69. The quantitative estimate of drug-likeness (QED) is 0.913. The molecular formula is C17H16NO3-. The van der Waals surface area contributed by atoms with Crippen LogP contribution in [0.4, 0.5) is 5.69 Å². The van der Waals surface area contributed by atoms with Crippen molar-refractivity contribution in [3.8, 4) is 0 Å². The van der Waals surface area contributed by atoms with Crippen LogP contribution >= 0.6 is 0 Å². The highest BCUT2D eigenvalue weighted by atomic mass is 16.4. The van der Waals surface area contributed by atoms with Crippen LogP contribution in [0.5, 0.6) is 0 Å². The van der Waals surface area contributed by atoms with Gasteiger partial charge in [-0.1, -0.05) is 49.4 Å². The summed E-state index contributed by atoms with van der Waals surface area (Å²) in [6.45, 7) is 1.94. The molecule has 0 saturated heterocycles. The molecule has 0 bridgehead atoms. The van der Waals surface area contributed by atoms with E-state index in [1.54, 1.807) is 12.1 Å². The molecule has 0 aromatic heterocycles. The first-order valence-electron chi connectivity index (χ1n) is 6.79. The van der Waals surface area contributed by atoms with Crippen molar-refractivity contribution in [2.75, 3.05) is 5.32 Å². The van der Waals surface area contributed by atoms with Gasteiger partial charge in [-0.3, -0.25) is 4.79 Å². The van der Waals surface area contributed by atoms with E-state index in [-0.39, 0.29) is 17.4 Å². The molecule has 0 aliphatic heterocycles. The van der Waals surface area contributed by atoms with Crippen LogP contribution in [-0.4, -0.2) is 11.9 Å². The average Bonchev–Trinajstić information content (AvgIpc) is 2.49. The molecule has 0 aliphatic rings. The Labute approximate surface area is 123 Å². The Hall–Kier alpha value is -2.62. The van der Waals surface area contributed by atoms with E-state index in [0.717, 1.165) is 5.56 Å². The summed E-state index contributed by atoms with van der Waals surface area (Å²) in [5, 5.41) is 13.6. The number of nitrogens with one attached hydrogen (secondary N) is 1. The van der Waals surface area contributed by atoms with Gasteiger partial charge < -0.3 is 15.2 Å². The normalized spacial score (nSPS) is 11.7. The van der Waals surface area contributed by atoms with Gasteiger partial charge in [0.25, 0.3) is 0 Å². The Balaban J connectivity index is 2.16. The molecule has 108 valence electrons. The maximum Gasteiger partial charge on any atom is 0.231 e. The Morgan fingerprint density at radius 3 is 2.43 bits per heavy atom. The van der Waals surface area contributed by atoms with Gasteiger partial charge in [0.15, 0.2) is 0 Å². The molecule has 2 rings (SSSR count). The number of hydrogen-bond donors (Lipinski definition) is 1. The van der Waals surface area contributed by atoms with Gasteiger partial charge in [0.2, 0.25) is 5.91 Å². The molecule has 0 heterocycles. The van der Waals surface area contributed by atoms with Crippen LogP contribution in [0.25, 0.3) is 0 Å². The maximum absolute atomic E-state index is 12.4. The van der Waals surface area contributed by atoms with Gasteiger partial charge in [-0.05, 0) is 29.7 Å². The van der Waals surface area contributed by atoms with E-state index in [1.807, 2.05) is 37.3 Å². The average molecular weight is 282 g/mol. The summed E-state index contributed by atoms with van der Waals surface area (Å²) in [5.74, 6) is -1.68. The van der Waals surface area contributed by atoms with Gasteiger partial charge >= 0.3 is 0 Å². The minimum atomic E-state index is -1.26. The first kappa shape index (κ1) is 14.8. The SMILES string of the molecule is CC[C@H](C(=O)Nc1cccc(C(=O)[O-])c1)c1ccccc1. The van der Waals surface area contributed by atoms with E-state index in [0.29, 0.717) is 12.1 Å². The topological polar surface area (TPSA) is 69.2 Å². The van der Waals surface area contributed by atoms with Gasteiger partial charge in [0, 0.05) is 5.69 Å². The van der Waals surface area contributed by atoms with Gasteiger partial charge in [-0.15, -0.1) is 0 Å². The third-order valence-corrected chi connectivity index (χ3v) is 3.29. The fourth-order valence-corrected chi connectivity index (χ4v) is 2.21. The van der Waals surface area contributed by atoms with Gasteiger partial charge in [0.05, 0.1) is 11.9 Å². The number of benzene rings is 2. The molecule has 4 nitrogen and oxygen atoms in total. The molecule has 0 fully saturated rings. The number of hydrogen-bond acceptors (Lipinski definition) is 3. The van der Waals surface area contributed by atoms with Crippen LogP contribution in [0.1, 0.15) is 35.2 Å². The first-order valence-corrected chi connectivity index (χ1v) is 6.79. The zero-order valence-electron chi connectivity index (χ0n) is 11.7. The molecule has 2 aromatic carbocycles. The lowest BCUT2D eigenvalue weighted by molar-refractivity contribution is -0.255. The van der Waals surface area contributed by atoms with Gasteiger partial charge in [-0.25, -0.2) is 0 Å². The zero-order chi connectivity index (χ0) is 15.2. The number of carbonyl (C=O) groups excluding carboxylic acids is 2. The number of carbonyl (C=O) groups is 2. The van der Waals surface area contributed by atoms with Gasteiger partial charge in [0.1, 0.15) is 0 Å². The van der Waals surface area contributed by atoms with E-state index >= 15 is 0 Å². The van der Waals surface area contributed by atoms with Crippen molar-refractivity contribution < 1.29 is 14.7 Å². The standard InChI is InChI=1S/C17H17NO3/c1-2-15(12-7-4-3-5-8-12)16(19)18-14-10-6-9-13(11-14)17(20)21/h3-11,15H,2H2,1H3,(H,18,19)(H,20,21)/p-1/t15-/m0/s1. The lowest BCUT2D eigenvalue weighted by Gasteiger charge is -2.16. The molecule has 0 spiro atoms. The van der Waals surface area contributed by atoms with Crippen molar-refractivity contribution in [1.82, 2.24) is 0 Å². The minimum absolute atomic E-state index is 0.0422. The highest BCUT2D eigenvalue weighted by molar-refractivity contribution is 5.97. The maximum atomic E-state index is 12.4. The Kier molecular flexibility index (Phi) is 4.72. The molecule has 0 radical (unpaired) electrons. The van der Waals surface area contributed by atoms with Crippen molar-refractivity contribution in [3.63, 3.8) is 0 Å². The van der Waals surface area contributed by atoms with E-state index in [1.165, 1.54) is 12.1 Å². The third-order valence-electron chi connectivity index (χ3n) is 3.29. The highest BCUT2D eigenvalue weighted by Gasteiger charge is 2.18. The second-order valence-corrected chi connectivity index (χ2v) is 4.73. The van der Waals surface area contributed by atoms with Crippen LogP contribution in [-0.2, 0) is 4.79 Å². The molecule has 1 amide bonds. The van der Waals surface area contributed by atoms with Crippen molar-refractivity contribution in [1.29, 1.82) is 0 Å². The van der Waals surface area contributed by atoms with Gasteiger partial charge in [-0.2, -0.15) is 0 Å². The number of anilines is 1. The first-order chi connectivity index (χ1) is 10.1. The lowest BCUT2D eigenvalue weighted by Crippen LogP contribution is -2.23. The minimum Gasteiger partial charge on any atom is -0.545 e. The number of rotatable bonds is 5. The van der Waals surface area contributed by atoms with E-state index in [2.05, 4.69) is 5.32 Å². The largest absolute Gasteiger partial charge is 0.545 e. The summed E-state index contributed by atoms with van der Waals surface area (Å²) in [5.41, 5.74) is 1.44. The van der Waals surface area contributed by atoms with Crippen molar-refractivity contribution in [3.05, 3.63) is 65.7 Å². The molecule has 0 aliphatic carbocycles. The Morgan fingerprint density at radius 1 is 1.10 bits per heavy atom. The predicted molar refractivity (Wildman–Crippen MR) is 78.9 cm³/mol. The number of carboxylic acids is 1. The summed E-state index contributed by atoms with van der Waals surface area (Å²) in [6, 6.07) is 15.6. The summed E-state index contributed by atoms with van der Waals surface area (Å²) in [6.07, 6.45) is 0.663. The van der Waals surface area contributed by atoms with E-state index < -0.39 is 5.97 Å². The van der Waals surface area contributed by atoms with E-state index in [9.17, 15) is 14.7 Å². The summed E-state index contributed by atoms with van der Waals surface area (Å²) in [7, 11) is 0. The van der Waals surface area contributed by atoms with Crippen LogP contribution < -0.4 is 10.4 Å². The van der Waals surface area contributed by atoms with Crippen molar-refractivity contribution in [2.45, 2.75) is 19.3 Å². The lowest BCUT2D eigenvalue weighted by atomic mass is 9.95. The second-order valence-electron chi connectivity index (χ2n) is 4.73. The fourth-order valence-electron chi connectivity index (χ4n) is 2.21. The smallest absolute Gasteiger partial charge is 0.231 e. The van der Waals surface area contributed by atoms with Crippen LogP contribution in [0.3, 0.4) is 0 Å². The summed E-state index contributed by atoms with van der Waals surface area (Å²) < 4.78 is 0. The summed E-state index contributed by atoms with van der Waals surface area (Å²) >= 11 is 0. The molecule has 21 heavy (non-hydrogen) atoms. The molecule has 2 aromatic rings. The molecule has 0 saturated carbocycles.